The molecule has 21 heavy (non-hydrogen) atoms. The highest BCUT2D eigenvalue weighted by molar-refractivity contribution is 8.09. The Morgan fingerprint density at radius 2 is 1.71 bits per heavy atom. The van der Waals surface area contributed by atoms with Crippen LogP contribution < -0.4 is 14.8 Å². The standard InChI is InChI=1S/C11H12N3O5S2/c1-20(16,17)14(21(2,18)19)8-3-4-9-7(5-8)6-10(13-9)11(12)15/h3-6H,1-2H3,(H2,12,15). The molecule has 0 unspecified atom stereocenters. The van der Waals surface area contributed by atoms with Gasteiger partial charge in [-0.05, 0) is 24.3 Å². The Morgan fingerprint density at radius 1 is 1.14 bits per heavy atom. The smallest absolute Gasteiger partial charge is 0.267 e. The first-order valence-corrected chi connectivity index (χ1v) is 9.27. The number of hydrogen-bond acceptors (Lipinski definition) is 5. The van der Waals surface area contributed by atoms with Gasteiger partial charge in [-0.15, -0.1) is 0 Å². The average Bonchev–Trinajstić information content (AvgIpc) is 2.67. The van der Waals surface area contributed by atoms with Gasteiger partial charge in [0.2, 0.25) is 20.0 Å². The van der Waals surface area contributed by atoms with Crippen LogP contribution in [-0.2, 0) is 24.8 Å². The molecule has 113 valence electrons. The van der Waals surface area contributed by atoms with Crippen molar-refractivity contribution in [1.29, 1.82) is 0 Å². The number of nitrogens with zero attached hydrogens (tertiary/aromatic N) is 2. The molecule has 2 rings (SSSR count). The molecule has 1 aromatic rings. The SMILES string of the molecule is CS(=O)(=O)N(c1ccc2c(c1)C=C(C(N)=O)[N]2)S(C)(=O)=O. The van der Waals surface area contributed by atoms with E-state index in [1.165, 1.54) is 24.3 Å². The number of primary amides is 1. The summed E-state index contributed by atoms with van der Waals surface area (Å²) in [4.78, 5) is 11.1. The quantitative estimate of drug-likeness (QED) is 0.795. The first-order valence-electron chi connectivity index (χ1n) is 5.58. The van der Waals surface area contributed by atoms with Crippen LogP contribution in [0.4, 0.5) is 11.4 Å². The molecule has 0 fully saturated rings. The molecular formula is C11H12N3O5S2. The van der Waals surface area contributed by atoms with Crippen LogP contribution in [0.2, 0.25) is 0 Å². The molecule has 1 radical (unpaired) electrons. The Labute approximate surface area is 122 Å². The van der Waals surface area contributed by atoms with Gasteiger partial charge in [0.15, 0.2) is 0 Å². The predicted molar refractivity (Wildman–Crippen MR) is 77.6 cm³/mol. The molecule has 10 heteroatoms. The number of hydrogen-bond donors (Lipinski definition) is 1. The zero-order valence-electron chi connectivity index (χ0n) is 11.1. The molecule has 1 amide bonds. The third kappa shape index (κ3) is 3.00. The molecule has 8 nitrogen and oxygen atoms in total. The van der Waals surface area contributed by atoms with Gasteiger partial charge in [-0.1, -0.05) is 0 Å². The summed E-state index contributed by atoms with van der Waals surface area (Å²) in [5.41, 5.74) is 5.90. The molecule has 0 aromatic heterocycles. The van der Waals surface area contributed by atoms with Crippen LogP contribution in [0.3, 0.4) is 0 Å². The molecule has 1 aliphatic heterocycles. The maximum atomic E-state index is 11.7. The van der Waals surface area contributed by atoms with E-state index in [4.69, 9.17) is 5.73 Å². The number of carbonyl (C=O) groups excluding carboxylic acids is 1. The van der Waals surface area contributed by atoms with E-state index in [0.29, 0.717) is 15.0 Å². The predicted octanol–water partition coefficient (Wildman–Crippen LogP) is -0.512. The topological polar surface area (TPSA) is 129 Å². The molecule has 0 saturated heterocycles. The van der Waals surface area contributed by atoms with E-state index in [2.05, 4.69) is 5.32 Å². The third-order valence-corrected chi connectivity index (χ3v) is 5.86. The summed E-state index contributed by atoms with van der Waals surface area (Å²) in [6.07, 6.45) is 2.94. The number of fused-ring (bicyclic) bond motifs is 1. The van der Waals surface area contributed by atoms with Crippen LogP contribution in [0.15, 0.2) is 23.9 Å². The van der Waals surface area contributed by atoms with Crippen LogP contribution in [0.25, 0.3) is 6.08 Å². The van der Waals surface area contributed by atoms with E-state index in [1.807, 2.05) is 0 Å². The molecule has 0 aliphatic carbocycles. The fourth-order valence-electron chi connectivity index (χ4n) is 1.94. The van der Waals surface area contributed by atoms with Gasteiger partial charge in [0.1, 0.15) is 5.70 Å². The number of carbonyl (C=O) groups is 1. The van der Waals surface area contributed by atoms with Gasteiger partial charge in [-0.3, -0.25) is 4.79 Å². The van der Waals surface area contributed by atoms with Crippen LogP contribution >= 0.6 is 0 Å². The number of benzene rings is 1. The molecule has 2 N–H and O–H groups in total. The molecule has 1 aromatic carbocycles. The van der Waals surface area contributed by atoms with Crippen molar-refractivity contribution in [3.63, 3.8) is 0 Å². The summed E-state index contributed by atoms with van der Waals surface area (Å²) >= 11 is 0. The van der Waals surface area contributed by atoms with Crippen molar-refractivity contribution in [3.8, 4) is 0 Å². The van der Waals surface area contributed by atoms with E-state index < -0.39 is 26.0 Å². The summed E-state index contributed by atoms with van der Waals surface area (Å²) in [5.74, 6) is -0.726. The van der Waals surface area contributed by atoms with Gasteiger partial charge in [0, 0.05) is 5.56 Å². The van der Waals surface area contributed by atoms with Gasteiger partial charge in [-0.2, -0.15) is 3.71 Å². The zero-order valence-corrected chi connectivity index (χ0v) is 12.8. The minimum absolute atomic E-state index is 0.0208. The molecular weight excluding hydrogens is 318 g/mol. The van der Waals surface area contributed by atoms with E-state index >= 15 is 0 Å². The highest BCUT2D eigenvalue weighted by atomic mass is 32.3. The Balaban J connectivity index is 2.57. The Bertz CT molecular complexity index is 824. The lowest BCUT2D eigenvalue weighted by molar-refractivity contribution is -0.114. The highest BCUT2D eigenvalue weighted by Crippen LogP contribution is 2.32. The fraction of sp³-hybridized carbons (Fsp3) is 0.182. The molecule has 0 saturated carbocycles. The number of anilines is 1. The summed E-state index contributed by atoms with van der Waals surface area (Å²) in [6, 6.07) is 4.03. The fourth-order valence-corrected chi connectivity index (χ4v) is 4.90. The lowest BCUT2D eigenvalue weighted by atomic mass is 10.2. The second-order valence-corrected chi connectivity index (χ2v) is 8.37. The maximum absolute atomic E-state index is 11.7. The number of rotatable bonds is 4. The van der Waals surface area contributed by atoms with Crippen molar-refractivity contribution in [2.24, 2.45) is 5.73 Å². The summed E-state index contributed by atoms with van der Waals surface area (Å²) in [7, 11) is -8.04. The zero-order chi connectivity index (χ0) is 16.0. The Morgan fingerprint density at radius 3 is 2.19 bits per heavy atom. The van der Waals surface area contributed by atoms with Crippen molar-refractivity contribution >= 4 is 43.4 Å². The molecule has 1 heterocycles. The van der Waals surface area contributed by atoms with Crippen LogP contribution in [-0.4, -0.2) is 35.3 Å². The molecule has 0 spiro atoms. The number of nitrogens with two attached hydrogens (primary N) is 1. The largest absolute Gasteiger partial charge is 0.364 e. The normalized spacial score (nSPS) is 14.1. The van der Waals surface area contributed by atoms with Crippen molar-refractivity contribution < 1.29 is 21.6 Å². The van der Waals surface area contributed by atoms with Crippen molar-refractivity contribution in [2.75, 3.05) is 16.2 Å². The van der Waals surface area contributed by atoms with Gasteiger partial charge in [-0.25, -0.2) is 22.2 Å². The third-order valence-electron chi connectivity index (χ3n) is 2.61. The summed E-state index contributed by atoms with van der Waals surface area (Å²) in [5, 5.41) is 3.95. The van der Waals surface area contributed by atoms with E-state index in [0.717, 1.165) is 12.5 Å². The van der Waals surface area contributed by atoms with E-state index in [9.17, 15) is 21.6 Å². The lowest BCUT2D eigenvalue weighted by Crippen LogP contribution is -2.35. The molecule has 1 aliphatic rings. The highest BCUT2D eigenvalue weighted by Gasteiger charge is 2.28. The second kappa shape index (κ2) is 4.74. The first-order chi connectivity index (χ1) is 9.50. The molecule has 0 atom stereocenters. The van der Waals surface area contributed by atoms with Crippen molar-refractivity contribution in [3.05, 3.63) is 29.5 Å². The van der Waals surface area contributed by atoms with Crippen LogP contribution in [0.1, 0.15) is 5.56 Å². The lowest BCUT2D eigenvalue weighted by Gasteiger charge is -2.20. The average molecular weight is 330 g/mol. The van der Waals surface area contributed by atoms with Crippen LogP contribution in [0, 0.1) is 0 Å². The van der Waals surface area contributed by atoms with Gasteiger partial charge in [0.25, 0.3) is 5.91 Å². The second-order valence-electron chi connectivity index (χ2n) is 4.47. The Hall–Kier alpha value is -2.07. The van der Waals surface area contributed by atoms with Crippen molar-refractivity contribution in [2.45, 2.75) is 0 Å². The van der Waals surface area contributed by atoms with Crippen LogP contribution in [0.5, 0.6) is 0 Å². The summed E-state index contributed by atoms with van der Waals surface area (Å²) < 4.78 is 47.1. The van der Waals surface area contributed by atoms with E-state index in [1.54, 1.807) is 0 Å². The maximum Gasteiger partial charge on any atom is 0.267 e. The number of sulfonamides is 2. The van der Waals surface area contributed by atoms with Gasteiger partial charge in [0.05, 0.1) is 23.9 Å². The van der Waals surface area contributed by atoms with Crippen molar-refractivity contribution in [1.82, 2.24) is 5.32 Å². The van der Waals surface area contributed by atoms with E-state index in [-0.39, 0.29) is 11.4 Å². The first kappa shape index (κ1) is 15.3. The number of amides is 1. The van der Waals surface area contributed by atoms with Gasteiger partial charge >= 0.3 is 0 Å². The van der Waals surface area contributed by atoms with Gasteiger partial charge < -0.3 is 5.73 Å². The molecule has 0 bridgehead atoms. The summed E-state index contributed by atoms with van der Waals surface area (Å²) in [6.45, 7) is 0. The minimum atomic E-state index is -4.02. The minimum Gasteiger partial charge on any atom is -0.364 e. The Kier molecular flexibility index (Phi) is 3.46. The monoisotopic (exact) mass is 330 g/mol.